The van der Waals surface area contributed by atoms with E-state index in [2.05, 4.69) is 0 Å². The maximum atomic E-state index is 6.09. The van der Waals surface area contributed by atoms with Gasteiger partial charge in [0, 0.05) is 4.90 Å². The lowest BCUT2D eigenvalue weighted by atomic mass is 9.91. The highest BCUT2D eigenvalue weighted by Gasteiger charge is 2.20. The molecule has 0 saturated heterocycles. The van der Waals surface area contributed by atoms with Crippen molar-refractivity contribution in [3.8, 4) is 0 Å². The predicted octanol–water partition coefficient (Wildman–Crippen LogP) is 4.31. The molecule has 0 aliphatic carbocycles. The SMILES string of the molecule is NCCC1CCCSc2cc(Cl)c(Cl)cc21. The zero-order valence-corrected chi connectivity index (χ0v) is 11.3. The molecule has 1 atom stereocenters. The summed E-state index contributed by atoms with van der Waals surface area (Å²) in [4.78, 5) is 1.28. The summed E-state index contributed by atoms with van der Waals surface area (Å²) in [6.45, 7) is 0.731. The Morgan fingerprint density at radius 3 is 2.81 bits per heavy atom. The lowest BCUT2D eigenvalue weighted by molar-refractivity contribution is 0.576. The molecule has 0 saturated carbocycles. The predicted molar refractivity (Wildman–Crippen MR) is 72.8 cm³/mol. The average molecular weight is 276 g/mol. The number of halogens is 2. The molecule has 88 valence electrons. The van der Waals surface area contributed by atoms with Crippen LogP contribution in [0.5, 0.6) is 0 Å². The molecule has 0 aromatic heterocycles. The minimum Gasteiger partial charge on any atom is -0.330 e. The Kier molecular flexibility index (Phi) is 4.42. The van der Waals surface area contributed by atoms with Gasteiger partial charge >= 0.3 is 0 Å². The van der Waals surface area contributed by atoms with Crippen LogP contribution in [0.2, 0.25) is 10.0 Å². The Balaban J connectivity index is 2.39. The summed E-state index contributed by atoms with van der Waals surface area (Å²) >= 11 is 14.0. The van der Waals surface area contributed by atoms with Crippen molar-refractivity contribution in [1.82, 2.24) is 0 Å². The second kappa shape index (κ2) is 5.63. The lowest BCUT2D eigenvalue weighted by Crippen LogP contribution is -2.07. The van der Waals surface area contributed by atoms with Crippen LogP contribution in [0.3, 0.4) is 0 Å². The second-order valence-corrected chi connectivity index (χ2v) is 6.02. The molecule has 16 heavy (non-hydrogen) atoms. The van der Waals surface area contributed by atoms with Crippen LogP contribution < -0.4 is 5.73 Å². The van der Waals surface area contributed by atoms with Crippen molar-refractivity contribution in [2.75, 3.05) is 12.3 Å². The van der Waals surface area contributed by atoms with E-state index >= 15 is 0 Å². The molecule has 0 bridgehead atoms. The molecular formula is C12H15Cl2NS. The number of hydrogen-bond acceptors (Lipinski definition) is 2. The largest absolute Gasteiger partial charge is 0.330 e. The first-order valence-corrected chi connectivity index (χ1v) is 7.28. The Hall–Kier alpha value is 0.110. The molecule has 1 unspecified atom stereocenters. The highest BCUT2D eigenvalue weighted by Crippen LogP contribution is 2.41. The first-order valence-electron chi connectivity index (χ1n) is 5.54. The minimum absolute atomic E-state index is 0.546. The Labute approximate surface area is 111 Å². The van der Waals surface area contributed by atoms with Gasteiger partial charge in [-0.3, -0.25) is 0 Å². The van der Waals surface area contributed by atoms with Crippen LogP contribution in [-0.2, 0) is 0 Å². The van der Waals surface area contributed by atoms with Gasteiger partial charge in [-0.2, -0.15) is 0 Å². The topological polar surface area (TPSA) is 26.0 Å². The van der Waals surface area contributed by atoms with E-state index in [0.717, 1.165) is 18.7 Å². The maximum absolute atomic E-state index is 6.09. The third-order valence-corrected chi connectivity index (χ3v) is 4.84. The third kappa shape index (κ3) is 2.67. The van der Waals surface area contributed by atoms with Crippen LogP contribution in [-0.4, -0.2) is 12.3 Å². The first-order chi connectivity index (χ1) is 7.72. The van der Waals surface area contributed by atoms with Crippen LogP contribution in [0.1, 0.15) is 30.7 Å². The highest BCUT2D eigenvalue weighted by atomic mass is 35.5. The summed E-state index contributed by atoms with van der Waals surface area (Å²) in [5.41, 5.74) is 7.01. The molecule has 0 spiro atoms. The van der Waals surface area contributed by atoms with Gasteiger partial charge in [-0.1, -0.05) is 23.2 Å². The Bertz CT molecular complexity index is 382. The zero-order valence-electron chi connectivity index (χ0n) is 9.01. The summed E-state index contributed by atoms with van der Waals surface area (Å²) in [5.74, 6) is 1.70. The Morgan fingerprint density at radius 1 is 1.31 bits per heavy atom. The number of rotatable bonds is 2. The molecule has 1 aromatic rings. The normalized spacial score (nSPS) is 20.3. The summed E-state index contributed by atoms with van der Waals surface area (Å²) in [6.07, 6.45) is 3.47. The number of thioether (sulfide) groups is 1. The maximum Gasteiger partial charge on any atom is 0.0603 e. The highest BCUT2D eigenvalue weighted by molar-refractivity contribution is 7.99. The monoisotopic (exact) mass is 275 g/mol. The molecular weight excluding hydrogens is 261 g/mol. The van der Waals surface area contributed by atoms with Crippen LogP contribution in [0.25, 0.3) is 0 Å². The molecule has 0 fully saturated rings. The number of hydrogen-bond donors (Lipinski definition) is 1. The van der Waals surface area contributed by atoms with E-state index in [9.17, 15) is 0 Å². The van der Waals surface area contributed by atoms with Crippen molar-refractivity contribution in [2.24, 2.45) is 5.73 Å². The van der Waals surface area contributed by atoms with Crippen LogP contribution in [0.4, 0.5) is 0 Å². The van der Waals surface area contributed by atoms with Gasteiger partial charge in [0.05, 0.1) is 10.0 Å². The number of fused-ring (bicyclic) bond motifs is 1. The quantitative estimate of drug-likeness (QED) is 0.871. The fourth-order valence-corrected chi connectivity index (χ4v) is 3.68. The fraction of sp³-hybridized carbons (Fsp3) is 0.500. The smallest absolute Gasteiger partial charge is 0.0603 e. The average Bonchev–Trinajstić information content (AvgIpc) is 2.44. The molecule has 1 aromatic carbocycles. The third-order valence-electron chi connectivity index (χ3n) is 2.96. The summed E-state index contributed by atoms with van der Waals surface area (Å²) in [6, 6.07) is 4.02. The van der Waals surface area contributed by atoms with E-state index in [4.69, 9.17) is 28.9 Å². The van der Waals surface area contributed by atoms with Crippen molar-refractivity contribution in [3.05, 3.63) is 27.7 Å². The van der Waals surface area contributed by atoms with Gasteiger partial charge < -0.3 is 5.73 Å². The van der Waals surface area contributed by atoms with Crippen molar-refractivity contribution >= 4 is 35.0 Å². The van der Waals surface area contributed by atoms with E-state index in [1.807, 2.05) is 23.9 Å². The van der Waals surface area contributed by atoms with E-state index in [1.165, 1.54) is 23.3 Å². The molecule has 4 heteroatoms. The molecule has 1 aliphatic rings. The second-order valence-electron chi connectivity index (χ2n) is 4.07. The van der Waals surface area contributed by atoms with E-state index in [1.54, 1.807) is 0 Å². The van der Waals surface area contributed by atoms with Gasteiger partial charge in [0.2, 0.25) is 0 Å². The van der Waals surface area contributed by atoms with Crippen molar-refractivity contribution in [1.29, 1.82) is 0 Å². The van der Waals surface area contributed by atoms with E-state index in [-0.39, 0.29) is 0 Å². The summed E-state index contributed by atoms with van der Waals surface area (Å²) in [5, 5.41) is 1.31. The van der Waals surface area contributed by atoms with Gasteiger partial charge in [-0.05, 0) is 55.2 Å². The summed E-state index contributed by atoms with van der Waals surface area (Å²) < 4.78 is 0. The van der Waals surface area contributed by atoms with Crippen LogP contribution in [0, 0.1) is 0 Å². The molecule has 2 rings (SSSR count). The van der Waals surface area contributed by atoms with Crippen molar-refractivity contribution < 1.29 is 0 Å². The van der Waals surface area contributed by atoms with Gasteiger partial charge in [0.15, 0.2) is 0 Å². The Morgan fingerprint density at radius 2 is 2.06 bits per heavy atom. The number of nitrogens with two attached hydrogens (primary N) is 1. The van der Waals surface area contributed by atoms with Gasteiger partial charge in [-0.15, -0.1) is 11.8 Å². The molecule has 1 heterocycles. The van der Waals surface area contributed by atoms with E-state index in [0.29, 0.717) is 16.0 Å². The van der Waals surface area contributed by atoms with Crippen molar-refractivity contribution in [3.63, 3.8) is 0 Å². The van der Waals surface area contributed by atoms with Crippen LogP contribution >= 0.6 is 35.0 Å². The first kappa shape index (κ1) is 12.6. The zero-order chi connectivity index (χ0) is 11.5. The number of benzene rings is 1. The van der Waals surface area contributed by atoms with Crippen molar-refractivity contribution in [2.45, 2.75) is 30.1 Å². The van der Waals surface area contributed by atoms with Gasteiger partial charge in [0.1, 0.15) is 0 Å². The molecule has 0 amide bonds. The van der Waals surface area contributed by atoms with E-state index < -0.39 is 0 Å². The minimum atomic E-state index is 0.546. The summed E-state index contributed by atoms with van der Waals surface area (Å²) in [7, 11) is 0. The standard InChI is InChI=1S/C12H15Cl2NS/c13-10-6-9-8(3-4-15)2-1-5-16-12(9)7-11(10)14/h6-8H,1-5,15H2. The molecule has 1 aliphatic heterocycles. The molecule has 0 radical (unpaired) electrons. The molecule has 1 nitrogen and oxygen atoms in total. The van der Waals surface area contributed by atoms with Gasteiger partial charge in [-0.25, -0.2) is 0 Å². The fourth-order valence-electron chi connectivity index (χ4n) is 2.16. The lowest BCUT2D eigenvalue weighted by Gasteiger charge is -2.17. The molecule has 2 N–H and O–H groups in total. The van der Waals surface area contributed by atoms with Crippen LogP contribution in [0.15, 0.2) is 17.0 Å². The van der Waals surface area contributed by atoms with Gasteiger partial charge in [0.25, 0.3) is 0 Å².